The minimum absolute atomic E-state index is 0.00181. The first-order valence-electron chi connectivity index (χ1n) is 8.35. The zero-order valence-electron chi connectivity index (χ0n) is 14.4. The normalized spacial score (nSPS) is 22.1. The van der Waals surface area contributed by atoms with Crippen LogP contribution < -0.4 is 5.32 Å². The van der Waals surface area contributed by atoms with Crippen LogP contribution in [0.25, 0.3) is 0 Å². The van der Waals surface area contributed by atoms with Crippen molar-refractivity contribution in [1.29, 1.82) is 0 Å². The molecule has 9 heteroatoms. The van der Waals surface area contributed by atoms with Crippen molar-refractivity contribution in [1.82, 2.24) is 10.2 Å². The Kier molecular flexibility index (Phi) is 7.69. The highest BCUT2D eigenvalue weighted by molar-refractivity contribution is 5.83. The molecule has 0 aromatic rings. The summed E-state index contributed by atoms with van der Waals surface area (Å²) >= 11 is 0. The minimum atomic E-state index is -4.20. The first-order valence-corrected chi connectivity index (χ1v) is 8.35. The van der Waals surface area contributed by atoms with E-state index in [1.807, 2.05) is 0 Å². The van der Waals surface area contributed by atoms with Crippen molar-refractivity contribution in [2.24, 2.45) is 11.8 Å². The third-order valence-electron chi connectivity index (χ3n) is 4.64. The summed E-state index contributed by atoms with van der Waals surface area (Å²) in [5, 5.41) is 11.6. The summed E-state index contributed by atoms with van der Waals surface area (Å²) in [7, 11) is 0. The number of aliphatic carboxylic acids is 1. The zero-order chi connectivity index (χ0) is 19.2. The molecule has 0 heterocycles. The highest BCUT2D eigenvalue weighted by atomic mass is 19.4. The summed E-state index contributed by atoms with van der Waals surface area (Å²) in [5.74, 6) is -3.35. The third kappa shape index (κ3) is 6.91. The quantitative estimate of drug-likeness (QED) is 0.723. The molecule has 1 aliphatic carbocycles. The summed E-state index contributed by atoms with van der Waals surface area (Å²) in [4.78, 5) is 35.7. The van der Waals surface area contributed by atoms with Crippen LogP contribution in [0, 0.1) is 11.8 Å². The van der Waals surface area contributed by atoms with Crippen LogP contribution in [-0.4, -0.2) is 53.1 Å². The van der Waals surface area contributed by atoms with Crippen molar-refractivity contribution in [2.75, 3.05) is 13.1 Å². The van der Waals surface area contributed by atoms with E-state index >= 15 is 0 Å². The van der Waals surface area contributed by atoms with Crippen LogP contribution in [0.15, 0.2) is 0 Å². The molecule has 1 unspecified atom stereocenters. The number of carbonyl (C=O) groups is 3. The second kappa shape index (κ2) is 9.05. The summed E-state index contributed by atoms with van der Waals surface area (Å²) in [6, 6.07) is -1.06. The second-order valence-electron chi connectivity index (χ2n) is 6.55. The number of alkyl halides is 3. The lowest BCUT2D eigenvalue weighted by Gasteiger charge is -2.32. The van der Waals surface area contributed by atoms with Gasteiger partial charge in [0, 0.05) is 26.4 Å². The van der Waals surface area contributed by atoms with Gasteiger partial charge in [0.1, 0.15) is 6.04 Å². The number of carboxylic acids is 1. The largest absolute Gasteiger partial charge is 0.480 e. The Bertz CT molecular complexity index is 488. The number of carbonyl (C=O) groups excluding carboxylic acids is 2. The topological polar surface area (TPSA) is 86.7 Å². The molecule has 6 nitrogen and oxygen atoms in total. The molecule has 0 spiro atoms. The van der Waals surface area contributed by atoms with E-state index < -0.39 is 30.0 Å². The van der Waals surface area contributed by atoms with Crippen LogP contribution in [0.1, 0.15) is 46.0 Å². The number of halogens is 3. The fourth-order valence-corrected chi connectivity index (χ4v) is 3.08. The molecule has 0 radical (unpaired) electrons. The highest BCUT2D eigenvalue weighted by Crippen LogP contribution is 2.40. The monoisotopic (exact) mass is 366 g/mol. The molecule has 0 aromatic carbocycles. The molecule has 0 aliphatic heterocycles. The van der Waals surface area contributed by atoms with Gasteiger partial charge in [-0.3, -0.25) is 9.59 Å². The van der Waals surface area contributed by atoms with Crippen molar-refractivity contribution in [3.8, 4) is 0 Å². The summed E-state index contributed by atoms with van der Waals surface area (Å²) in [5.41, 5.74) is 0. The van der Waals surface area contributed by atoms with Crippen molar-refractivity contribution in [3.05, 3.63) is 0 Å². The van der Waals surface area contributed by atoms with Crippen LogP contribution in [0.5, 0.6) is 0 Å². The molecule has 144 valence electrons. The van der Waals surface area contributed by atoms with Gasteiger partial charge < -0.3 is 15.3 Å². The maximum atomic E-state index is 12.7. The lowest BCUT2D eigenvalue weighted by molar-refractivity contribution is -0.184. The first-order chi connectivity index (χ1) is 11.5. The van der Waals surface area contributed by atoms with Crippen molar-refractivity contribution < 1.29 is 32.7 Å². The molecule has 0 saturated heterocycles. The van der Waals surface area contributed by atoms with Gasteiger partial charge in [0.15, 0.2) is 0 Å². The Morgan fingerprint density at radius 2 is 1.76 bits per heavy atom. The van der Waals surface area contributed by atoms with E-state index in [1.54, 1.807) is 0 Å². The van der Waals surface area contributed by atoms with Crippen LogP contribution in [0.3, 0.4) is 0 Å². The standard InChI is InChI=1S/C16H25F3N2O4/c1-10(15(24)25)21(8-7-20-11(2)22)14(23)9-12-3-5-13(6-4-12)16(17,18)19/h10,12-13H,3-9H2,1-2H3,(H,20,22)(H,24,25). The highest BCUT2D eigenvalue weighted by Gasteiger charge is 2.41. The number of amides is 2. The Morgan fingerprint density at radius 3 is 2.20 bits per heavy atom. The van der Waals surface area contributed by atoms with Crippen molar-refractivity contribution in [3.63, 3.8) is 0 Å². The van der Waals surface area contributed by atoms with Gasteiger partial charge in [0.25, 0.3) is 0 Å². The van der Waals surface area contributed by atoms with E-state index in [2.05, 4.69) is 5.32 Å². The van der Waals surface area contributed by atoms with Gasteiger partial charge in [-0.05, 0) is 38.5 Å². The average molecular weight is 366 g/mol. The number of nitrogens with one attached hydrogen (secondary N) is 1. The fourth-order valence-electron chi connectivity index (χ4n) is 3.08. The molecule has 1 rings (SSSR count). The van der Waals surface area contributed by atoms with Crippen LogP contribution in [-0.2, 0) is 14.4 Å². The van der Waals surface area contributed by atoms with Crippen LogP contribution >= 0.6 is 0 Å². The van der Waals surface area contributed by atoms with Gasteiger partial charge in [-0.15, -0.1) is 0 Å². The van der Waals surface area contributed by atoms with E-state index in [4.69, 9.17) is 5.11 Å². The van der Waals surface area contributed by atoms with E-state index in [0.717, 1.165) is 4.90 Å². The molecule has 1 atom stereocenters. The number of rotatable bonds is 7. The number of hydrogen-bond donors (Lipinski definition) is 2. The number of nitrogens with zero attached hydrogens (tertiary/aromatic N) is 1. The van der Waals surface area contributed by atoms with Crippen LogP contribution in [0.2, 0.25) is 0 Å². The maximum absolute atomic E-state index is 12.7. The van der Waals surface area contributed by atoms with E-state index in [0.29, 0.717) is 12.8 Å². The van der Waals surface area contributed by atoms with Crippen molar-refractivity contribution >= 4 is 17.8 Å². The molecule has 25 heavy (non-hydrogen) atoms. The molecule has 1 aliphatic rings. The van der Waals surface area contributed by atoms with Gasteiger partial charge in [0.2, 0.25) is 11.8 Å². The summed E-state index contributed by atoms with van der Waals surface area (Å²) < 4.78 is 38.1. The van der Waals surface area contributed by atoms with E-state index in [-0.39, 0.29) is 44.2 Å². The van der Waals surface area contributed by atoms with Gasteiger partial charge in [-0.1, -0.05) is 0 Å². The Hall–Kier alpha value is -1.80. The molecule has 0 aromatic heterocycles. The Morgan fingerprint density at radius 1 is 1.20 bits per heavy atom. The van der Waals surface area contributed by atoms with Gasteiger partial charge in [-0.2, -0.15) is 13.2 Å². The van der Waals surface area contributed by atoms with E-state index in [9.17, 15) is 27.6 Å². The van der Waals surface area contributed by atoms with Crippen LogP contribution in [0.4, 0.5) is 13.2 Å². The lowest BCUT2D eigenvalue weighted by Crippen LogP contribution is -2.47. The average Bonchev–Trinajstić information content (AvgIpc) is 2.50. The third-order valence-corrected chi connectivity index (χ3v) is 4.64. The Balaban J connectivity index is 2.60. The predicted octanol–water partition coefficient (Wildman–Crippen LogP) is 2.18. The fraction of sp³-hybridized carbons (Fsp3) is 0.812. The predicted molar refractivity (Wildman–Crippen MR) is 83.6 cm³/mol. The Labute approximate surface area is 144 Å². The molecule has 2 N–H and O–H groups in total. The first kappa shape index (κ1) is 21.2. The van der Waals surface area contributed by atoms with Gasteiger partial charge >= 0.3 is 12.1 Å². The molecule has 1 saturated carbocycles. The van der Waals surface area contributed by atoms with Gasteiger partial charge in [-0.25, -0.2) is 4.79 Å². The summed E-state index contributed by atoms with van der Waals surface area (Å²) in [6.07, 6.45) is -3.56. The maximum Gasteiger partial charge on any atom is 0.391 e. The molecular formula is C16H25F3N2O4. The SMILES string of the molecule is CC(=O)NCCN(C(=O)CC1CCC(C(F)(F)F)CC1)C(C)C(=O)O. The molecule has 0 bridgehead atoms. The smallest absolute Gasteiger partial charge is 0.391 e. The molecule has 2 amide bonds. The molecular weight excluding hydrogens is 341 g/mol. The van der Waals surface area contributed by atoms with Crippen molar-refractivity contribution in [2.45, 2.75) is 58.2 Å². The second-order valence-corrected chi connectivity index (χ2v) is 6.55. The lowest BCUT2D eigenvalue weighted by atomic mass is 9.80. The minimum Gasteiger partial charge on any atom is -0.480 e. The van der Waals surface area contributed by atoms with E-state index in [1.165, 1.54) is 13.8 Å². The number of hydrogen-bond acceptors (Lipinski definition) is 3. The molecule has 1 fully saturated rings. The number of carboxylic acid groups (broad SMARTS) is 1. The summed E-state index contributed by atoms with van der Waals surface area (Å²) in [6.45, 7) is 2.85. The zero-order valence-corrected chi connectivity index (χ0v) is 14.4. The van der Waals surface area contributed by atoms with Gasteiger partial charge in [0.05, 0.1) is 5.92 Å².